The maximum atomic E-state index is 12.9. The van der Waals surface area contributed by atoms with Crippen molar-refractivity contribution < 1.29 is 9.47 Å². The van der Waals surface area contributed by atoms with Crippen molar-refractivity contribution in [3.63, 3.8) is 0 Å². The first kappa shape index (κ1) is 20.2. The monoisotopic (exact) mass is 405 g/mol. The highest BCUT2D eigenvalue weighted by molar-refractivity contribution is 5.69. The maximum Gasteiger partial charge on any atom is 0.258 e. The standard InChI is InChI=1S/C24H27N3O3/c1-26(2)19-9-5-16(6-10-19)18-8-12-23-25-20(14-24(28)27(23)15-18)17-7-11-21(29-3)22(13-17)30-4/h5,7-8,11-15,19H,6,9-10H2,1-4H3. The van der Waals surface area contributed by atoms with Gasteiger partial charge in [0, 0.05) is 23.9 Å². The number of methoxy groups -OCH3 is 2. The second-order valence-electron chi connectivity index (χ2n) is 7.82. The van der Waals surface area contributed by atoms with Gasteiger partial charge in [-0.05, 0) is 74.8 Å². The van der Waals surface area contributed by atoms with Crippen LogP contribution in [0, 0.1) is 0 Å². The normalized spacial score (nSPS) is 16.6. The minimum Gasteiger partial charge on any atom is -0.493 e. The van der Waals surface area contributed by atoms with Gasteiger partial charge >= 0.3 is 0 Å². The largest absolute Gasteiger partial charge is 0.493 e. The molecule has 0 bridgehead atoms. The topological polar surface area (TPSA) is 56.1 Å². The van der Waals surface area contributed by atoms with E-state index in [1.807, 2.05) is 30.5 Å². The van der Waals surface area contributed by atoms with Crippen molar-refractivity contribution in [1.29, 1.82) is 0 Å². The van der Waals surface area contributed by atoms with E-state index in [0.717, 1.165) is 30.4 Å². The third kappa shape index (κ3) is 3.83. The third-order valence-corrected chi connectivity index (χ3v) is 5.82. The number of aromatic nitrogens is 2. The lowest BCUT2D eigenvalue weighted by molar-refractivity contribution is 0.277. The quantitative estimate of drug-likeness (QED) is 0.645. The fourth-order valence-corrected chi connectivity index (χ4v) is 3.99. The van der Waals surface area contributed by atoms with Gasteiger partial charge in [-0.3, -0.25) is 9.20 Å². The highest BCUT2D eigenvalue weighted by Crippen LogP contribution is 2.32. The van der Waals surface area contributed by atoms with Gasteiger partial charge in [0.25, 0.3) is 5.56 Å². The Morgan fingerprint density at radius 2 is 1.80 bits per heavy atom. The molecule has 0 aliphatic heterocycles. The van der Waals surface area contributed by atoms with Crippen LogP contribution < -0.4 is 15.0 Å². The lowest BCUT2D eigenvalue weighted by Crippen LogP contribution is -2.29. The summed E-state index contributed by atoms with van der Waals surface area (Å²) < 4.78 is 12.3. The van der Waals surface area contributed by atoms with Gasteiger partial charge in [0.1, 0.15) is 5.65 Å². The zero-order valence-corrected chi connectivity index (χ0v) is 17.9. The minimum absolute atomic E-state index is 0.103. The molecule has 6 nitrogen and oxygen atoms in total. The number of hydrogen-bond acceptors (Lipinski definition) is 5. The Balaban J connectivity index is 1.70. The van der Waals surface area contributed by atoms with Crippen LogP contribution in [0.1, 0.15) is 24.8 Å². The van der Waals surface area contributed by atoms with Crippen molar-refractivity contribution in [1.82, 2.24) is 14.3 Å². The summed E-state index contributed by atoms with van der Waals surface area (Å²) >= 11 is 0. The highest BCUT2D eigenvalue weighted by Gasteiger charge is 2.17. The predicted octanol–water partition coefficient (Wildman–Crippen LogP) is 3.88. The van der Waals surface area contributed by atoms with Crippen LogP contribution in [0.4, 0.5) is 0 Å². The zero-order chi connectivity index (χ0) is 21.3. The SMILES string of the molecule is COc1ccc(-c2cc(=O)n3cc(C4=CCC(N(C)C)CC4)ccc3n2)cc1OC. The summed E-state index contributed by atoms with van der Waals surface area (Å²) in [5.74, 6) is 1.24. The first-order valence-electron chi connectivity index (χ1n) is 10.1. The summed E-state index contributed by atoms with van der Waals surface area (Å²) in [5.41, 5.74) is 4.32. The Morgan fingerprint density at radius 1 is 1.03 bits per heavy atom. The van der Waals surface area contributed by atoms with Gasteiger partial charge < -0.3 is 14.4 Å². The van der Waals surface area contributed by atoms with Gasteiger partial charge in [-0.15, -0.1) is 0 Å². The van der Waals surface area contributed by atoms with E-state index in [1.165, 1.54) is 5.57 Å². The number of pyridine rings is 1. The van der Waals surface area contributed by atoms with Crippen LogP contribution in [0.2, 0.25) is 0 Å². The molecule has 1 aromatic carbocycles. The number of benzene rings is 1. The fraction of sp³-hybridized carbons (Fsp3) is 0.333. The number of hydrogen-bond donors (Lipinski definition) is 0. The number of ether oxygens (including phenoxy) is 2. The number of allylic oxidation sites excluding steroid dienone is 1. The summed E-state index contributed by atoms with van der Waals surface area (Å²) in [6.45, 7) is 0. The van der Waals surface area contributed by atoms with Gasteiger partial charge in [0.05, 0.1) is 19.9 Å². The summed E-state index contributed by atoms with van der Waals surface area (Å²) in [7, 11) is 7.44. The number of rotatable bonds is 5. The Bertz CT molecular complexity index is 1160. The summed E-state index contributed by atoms with van der Waals surface area (Å²) in [5, 5.41) is 0. The minimum atomic E-state index is -0.103. The molecule has 4 rings (SSSR count). The molecular formula is C24H27N3O3. The van der Waals surface area contributed by atoms with Crippen molar-refractivity contribution in [3.05, 3.63) is 64.6 Å². The molecule has 30 heavy (non-hydrogen) atoms. The summed E-state index contributed by atoms with van der Waals surface area (Å²) in [4.78, 5) is 19.8. The second kappa shape index (κ2) is 8.32. The number of fused-ring (bicyclic) bond motifs is 1. The van der Waals surface area contributed by atoms with Crippen LogP contribution in [-0.4, -0.2) is 48.6 Å². The average Bonchev–Trinajstić information content (AvgIpc) is 2.78. The lowest BCUT2D eigenvalue weighted by atomic mass is 9.91. The molecule has 1 unspecified atom stereocenters. The fourth-order valence-electron chi connectivity index (χ4n) is 3.99. The molecule has 1 aliphatic rings. The smallest absolute Gasteiger partial charge is 0.258 e. The first-order chi connectivity index (χ1) is 14.5. The Hall–Kier alpha value is -3.12. The van der Waals surface area contributed by atoms with Crippen LogP contribution in [0.3, 0.4) is 0 Å². The predicted molar refractivity (Wildman–Crippen MR) is 119 cm³/mol. The molecule has 2 aromatic heterocycles. The molecule has 6 heteroatoms. The van der Waals surface area contributed by atoms with Crippen LogP contribution in [0.25, 0.3) is 22.5 Å². The Morgan fingerprint density at radius 3 is 2.47 bits per heavy atom. The molecule has 2 heterocycles. The van der Waals surface area contributed by atoms with E-state index in [4.69, 9.17) is 14.5 Å². The van der Waals surface area contributed by atoms with Crippen molar-refractivity contribution in [2.75, 3.05) is 28.3 Å². The van der Waals surface area contributed by atoms with Gasteiger partial charge in [0.2, 0.25) is 0 Å². The van der Waals surface area contributed by atoms with Gasteiger partial charge in [-0.2, -0.15) is 0 Å². The van der Waals surface area contributed by atoms with Crippen LogP contribution in [0.15, 0.2) is 53.5 Å². The van der Waals surface area contributed by atoms with E-state index in [1.54, 1.807) is 24.7 Å². The van der Waals surface area contributed by atoms with E-state index in [2.05, 4.69) is 31.1 Å². The zero-order valence-electron chi connectivity index (χ0n) is 17.9. The van der Waals surface area contributed by atoms with E-state index >= 15 is 0 Å². The maximum absolute atomic E-state index is 12.9. The first-order valence-corrected chi connectivity index (χ1v) is 10.1. The van der Waals surface area contributed by atoms with Crippen molar-refractivity contribution in [2.24, 2.45) is 0 Å². The van der Waals surface area contributed by atoms with E-state index in [0.29, 0.717) is 28.9 Å². The molecule has 0 spiro atoms. The third-order valence-electron chi connectivity index (χ3n) is 5.82. The molecule has 0 radical (unpaired) electrons. The van der Waals surface area contributed by atoms with Crippen LogP contribution >= 0.6 is 0 Å². The molecule has 156 valence electrons. The summed E-state index contributed by atoms with van der Waals surface area (Å²) in [6, 6.07) is 11.7. The van der Waals surface area contributed by atoms with Gasteiger partial charge in [0.15, 0.2) is 11.5 Å². The molecule has 1 aliphatic carbocycles. The van der Waals surface area contributed by atoms with Crippen molar-refractivity contribution in [2.45, 2.75) is 25.3 Å². The molecule has 1 atom stereocenters. The average molecular weight is 405 g/mol. The van der Waals surface area contributed by atoms with Crippen molar-refractivity contribution in [3.8, 4) is 22.8 Å². The Kier molecular flexibility index (Phi) is 5.59. The van der Waals surface area contributed by atoms with Gasteiger partial charge in [-0.1, -0.05) is 6.08 Å². The second-order valence-corrected chi connectivity index (χ2v) is 7.82. The van der Waals surface area contributed by atoms with Crippen LogP contribution in [0.5, 0.6) is 11.5 Å². The molecule has 0 amide bonds. The molecule has 0 saturated carbocycles. The molecule has 0 saturated heterocycles. The highest BCUT2D eigenvalue weighted by atomic mass is 16.5. The van der Waals surface area contributed by atoms with E-state index in [-0.39, 0.29) is 5.56 Å². The molecular weight excluding hydrogens is 378 g/mol. The lowest BCUT2D eigenvalue weighted by Gasteiger charge is -2.27. The summed E-state index contributed by atoms with van der Waals surface area (Å²) in [6.07, 6.45) is 7.38. The van der Waals surface area contributed by atoms with Crippen LogP contribution in [-0.2, 0) is 0 Å². The van der Waals surface area contributed by atoms with E-state index < -0.39 is 0 Å². The van der Waals surface area contributed by atoms with E-state index in [9.17, 15) is 4.79 Å². The van der Waals surface area contributed by atoms with Crippen molar-refractivity contribution >= 4 is 11.2 Å². The molecule has 0 N–H and O–H groups in total. The van der Waals surface area contributed by atoms with Gasteiger partial charge in [-0.25, -0.2) is 4.98 Å². The molecule has 0 fully saturated rings. The Labute approximate surface area is 176 Å². The number of nitrogens with zero attached hydrogens (tertiary/aromatic N) is 3. The molecule has 3 aromatic rings.